The molecule has 0 aliphatic carbocycles. The van der Waals surface area contributed by atoms with Crippen molar-refractivity contribution in [3.63, 3.8) is 0 Å². The molecule has 1 aliphatic heterocycles. The van der Waals surface area contributed by atoms with Gasteiger partial charge in [-0.15, -0.1) is 0 Å². The zero-order valence-corrected chi connectivity index (χ0v) is 15.8. The molecule has 6 heteroatoms. The van der Waals surface area contributed by atoms with Crippen molar-refractivity contribution in [3.8, 4) is 11.5 Å². The molecule has 1 aliphatic rings. The fourth-order valence-corrected chi connectivity index (χ4v) is 2.77. The predicted molar refractivity (Wildman–Crippen MR) is 101 cm³/mol. The van der Waals surface area contributed by atoms with Crippen LogP contribution < -0.4 is 9.47 Å². The Bertz CT molecular complexity index is 785. The lowest BCUT2D eigenvalue weighted by atomic mass is 10.1. The number of aliphatic hydroxyl groups is 1. The van der Waals surface area contributed by atoms with Crippen LogP contribution in [0, 0.1) is 0 Å². The quantitative estimate of drug-likeness (QED) is 0.864. The number of fused-ring (bicyclic) bond motifs is 1. The highest BCUT2D eigenvalue weighted by Gasteiger charge is 2.25. The fraction of sp³-hybridized carbons (Fsp3) is 0.381. The molecule has 0 aromatic heterocycles. The molecule has 1 atom stereocenters. The number of benzene rings is 2. The molecule has 0 bridgehead atoms. The molecule has 0 saturated heterocycles. The van der Waals surface area contributed by atoms with Crippen molar-refractivity contribution in [2.45, 2.75) is 39.0 Å². The van der Waals surface area contributed by atoms with E-state index in [2.05, 4.69) is 0 Å². The monoisotopic (exact) mass is 371 g/mol. The van der Waals surface area contributed by atoms with E-state index in [9.17, 15) is 9.90 Å². The van der Waals surface area contributed by atoms with Crippen LogP contribution in [-0.4, -0.2) is 35.0 Å². The van der Waals surface area contributed by atoms with E-state index in [1.807, 2.05) is 51.1 Å². The van der Waals surface area contributed by atoms with Crippen molar-refractivity contribution < 1.29 is 24.1 Å². The third kappa shape index (κ3) is 5.14. The van der Waals surface area contributed by atoms with Gasteiger partial charge >= 0.3 is 6.09 Å². The summed E-state index contributed by atoms with van der Waals surface area (Å²) in [7, 11) is 0. The molecule has 0 spiro atoms. The average molecular weight is 371 g/mol. The molecule has 1 heterocycles. The van der Waals surface area contributed by atoms with E-state index in [1.54, 1.807) is 18.2 Å². The minimum atomic E-state index is -0.879. The van der Waals surface area contributed by atoms with Gasteiger partial charge in [0.15, 0.2) is 11.5 Å². The molecule has 2 aromatic rings. The number of aliphatic hydroxyl groups excluding tert-OH is 1. The standard InChI is InChI=1S/C21H25NO5/c1-21(2,3)27-20(24)22(12-15-7-5-4-6-8-15)13-17(23)16-9-10-18-19(11-16)26-14-25-18/h4-11,17,23H,12-14H2,1-3H3. The Morgan fingerprint density at radius 3 is 2.56 bits per heavy atom. The van der Waals surface area contributed by atoms with E-state index in [4.69, 9.17) is 14.2 Å². The highest BCUT2D eigenvalue weighted by molar-refractivity contribution is 5.68. The molecular formula is C21H25NO5. The normalized spacial score (nSPS) is 13.9. The number of ether oxygens (including phenoxy) is 3. The van der Waals surface area contributed by atoms with E-state index in [1.165, 1.54) is 4.90 Å². The van der Waals surface area contributed by atoms with Gasteiger partial charge in [-0.05, 0) is 44.0 Å². The Morgan fingerprint density at radius 1 is 1.15 bits per heavy atom. The molecule has 2 aromatic carbocycles. The van der Waals surface area contributed by atoms with Crippen LogP contribution in [0.25, 0.3) is 0 Å². The summed E-state index contributed by atoms with van der Waals surface area (Å²) >= 11 is 0. The van der Waals surface area contributed by atoms with Gasteiger partial charge in [0.2, 0.25) is 6.79 Å². The van der Waals surface area contributed by atoms with E-state index in [0.717, 1.165) is 5.56 Å². The molecular weight excluding hydrogens is 346 g/mol. The maximum absolute atomic E-state index is 12.7. The second kappa shape index (κ2) is 7.88. The summed E-state index contributed by atoms with van der Waals surface area (Å²) in [4.78, 5) is 14.2. The van der Waals surface area contributed by atoms with Crippen molar-refractivity contribution in [2.75, 3.05) is 13.3 Å². The Hall–Kier alpha value is -2.73. The van der Waals surface area contributed by atoms with Crippen molar-refractivity contribution in [1.82, 2.24) is 4.90 Å². The van der Waals surface area contributed by atoms with Gasteiger partial charge in [-0.2, -0.15) is 0 Å². The Balaban J connectivity index is 1.76. The zero-order valence-electron chi connectivity index (χ0n) is 15.8. The third-order valence-electron chi connectivity index (χ3n) is 4.04. The lowest BCUT2D eigenvalue weighted by Gasteiger charge is -2.29. The van der Waals surface area contributed by atoms with Gasteiger partial charge < -0.3 is 24.2 Å². The summed E-state index contributed by atoms with van der Waals surface area (Å²) in [6.45, 7) is 6.08. The summed E-state index contributed by atoms with van der Waals surface area (Å²) in [6.07, 6.45) is -1.35. The number of amides is 1. The van der Waals surface area contributed by atoms with E-state index in [0.29, 0.717) is 23.6 Å². The predicted octanol–water partition coefficient (Wildman–Crippen LogP) is 3.89. The smallest absolute Gasteiger partial charge is 0.410 e. The number of hydrogen-bond donors (Lipinski definition) is 1. The molecule has 27 heavy (non-hydrogen) atoms. The Labute approximate surface area is 159 Å². The fourth-order valence-electron chi connectivity index (χ4n) is 2.77. The molecule has 0 fully saturated rings. The second-order valence-corrected chi connectivity index (χ2v) is 7.47. The molecule has 6 nitrogen and oxygen atoms in total. The van der Waals surface area contributed by atoms with Gasteiger partial charge in [0.1, 0.15) is 5.60 Å². The first-order valence-corrected chi connectivity index (χ1v) is 8.91. The molecule has 0 radical (unpaired) electrons. The number of carbonyl (C=O) groups excluding carboxylic acids is 1. The molecule has 1 unspecified atom stereocenters. The highest BCUT2D eigenvalue weighted by atomic mass is 16.7. The van der Waals surface area contributed by atoms with Gasteiger partial charge in [-0.25, -0.2) is 4.79 Å². The highest BCUT2D eigenvalue weighted by Crippen LogP contribution is 2.34. The molecule has 1 amide bonds. The van der Waals surface area contributed by atoms with Crippen LogP contribution >= 0.6 is 0 Å². The van der Waals surface area contributed by atoms with E-state index in [-0.39, 0.29) is 13.3 Å². The van der Waals surface area contributed by atoms with E-state index < -0.39 is 17.8 Å². The Morgan fingerprint density at radius 2 is 1.85 bits per heavy atom. The summed E-state index contributed by atoms with van der Waals surface area (Å²) in [5, 5.41) is 10.7. The van der Waals surface area contributed by atoms with Gasteiger partial charge in [0.05, 0.1) is 12.6 Å². The first-order valence-electron chi connectivity index (χ1n) is 8.91. The second-order valence-electron chi connectivity index (χ2n) is 7.47. The van der Waals surface area contributed by atoms with Crippen molar-refractivity contribution in [1.29, 1.82) is 0 Å². The Kier molecular flexibility index (Phi) is 5.56. The molecule has 144 valence electrons. The first kappa shape index (κ1) is 19.0. The topological polar surface area (TPSA) is 68.2 Å². The van der Waals surface area contributed by atoms with Crippen LogP contribution in [-0.2, 0) is 11.3 Å². The van der Waals surface area contributed by atoms with Gasteiger partial charge in [0.25, 0.3) is 0 Å². The molecule has 1 N–H and O–H groups in total. The van der Waals surface area contributed by atoms with Crippen LogP contribution in [0.15, 0.2) is 48.5 Å². The summed E-state index contributed by atoms with van der Waals surface area (Å²) in [5.74, 6) is 1.25. The molecule has 0 saturated carbocycles. The number of hydrogen-bond acceptors (Lipinski definition) is 5. The van der Waals surface area contributed by atoms with E-state index >= 15 is 0 Å². The van der Waals surface area contributed by atoms with Crippen LogP contribution in [0.1, 0.15) is 38.0 Å². The first-order chi connectivity index (χ1) is 12.8. The third-order valence-corrected chi connectivity index (χ3v) is 4.04. The number of nitrogens with zero attached hydrogens (tertiary/aromatic N) is 1. The maximum atomic E-state index is 12.7. The van der Waals surface area contributed by atoms with Crippen molar-refractivity contribution >= 4 is 6.09 Å². The van der Waals surface area contributed by atoms with Crippen molar-refractivity contribution in [2.24, 2.45) is 0 Å². The minimum absolute atomic E-state index is 0.101. The van der Waals surface area contributed by atoms with Crippen LogP contribution in [0.3, 0.4) is 0 Å². The molecule has 3 rings (SSSR count). The van der Waals surface area contributed by atoms with Crippen molar-refractivity contribution in [3.05, 3.63) is 59.7 Å². The van der Waals surface area contributed by atoms with Gasteiger partial charge in [-0.3, -0.25) is 0 Å². The SMILES string of the molecule is CC(C)(C)OC(=O)N(Cc1ccccc1)CC(O)c1ccc2c(c1)OCO2. The number of rotatable bonds is 5. The summed E-state index contributed by atoms with van der Waals surface area (Å²) in [5.41, 5.74) is 0.998. The van der Waals surface area contributed by atoms with Crippen LogP contribution in [0.5, 0.6) is 11.5 Å². The number of carbonyl (C=O) groups is 1. The lowest BCUT2D eigenvalue weighted by Crippen LogP contribution is -2.38. The van der Waals surface area contributed by atoms with Gasteiger partial charge in [-0.1, -0.05) is 36.4 Å². The maximum Gasteiger partial charge on any atom is 0.410 e. The minimum Gasteiger partial charge on any atom is -0.454 e. The lowest BCUT2D eigenvalue weighted by molar-refractivity contribution is 0.0124. The largest absolute Gasteiger partial charge is 0.454 e. The zero-order chi connectivity index (χ0) is 19.4. The summed E-state index contributed by atoms with van der Waals surface area (Å²) < 4.78 is 16.2. The van der Waals surface area contributed by atoms with Gasteiger partial charge in [0, 0.05) is 6.54 Å². The van der Waals surface area contributed by atoms with Crippen LogP contribution in [0.2, 0.25) is 0 Å². The summed E-state index contributed by atoms with van der Waals surface area (Å²) in [6, 6.07) is 14.9. The van der Waals surface area contributed by atoms with Crippen LogP contribution in [0.4, 0.5) is 4.79 Å². The average Bonchev–Trinajstić information content (AvgIpc) is 3.08.